The van der Waals surface area contributed by atoms with E-state index in [1.165, 1.54) is 11.8 Å². The molecule has 2 aromatic carbocycles. The van der Waals surface area contributed by atoms with Gasteiger partial charge in [0.15, 0.2) is 5.17 Å². The third kappa shape index (κ3) is 4.14. The van der Waals surface area contributed by atoms with Crippen LogP contribution in [0.5, 0.6) is 5.75 Å². The predicted octanol–water partition coefficient (Wildman–Crippen LogP) is 5.74. The minimum atomic E-state index is -0.0460. The molecule has 1 heterocycles. The van der Waals surface area contributed by atoms with E-state index in [9.17, 15) is 4.79 Å². The van der Waals surface area contributed by atoms with E-state index in [0.717, 1.165) is 15.8 Å². The third-order valence-corrected chi connectivity index (χ3v) is 5.98. The molecule has 0 bridgehead atoms. The van der Waals surface area contributed by atoms with Crippen LogP contribution in [0.2, 0.25) is 5.02 Å². The molecule has 7 heteroatoms. The molecule has 0 unspecified atom stereocenters. The number of rotatable bonds is 4. The summed E-state index contributed by atoms with van der Waals surface area (Å²) in [6.45, 7) is 2.48. The fourth-order valence-corrected chi connectivity index (χ4v) is 3.87. The van der Waals surface area contributed by atoms with Crippen LogP contribution in [0.25, 0.3) is 6.08 Å². The summed E-state index contributed by atoms with van der Waals surface area (Å²) in [5.41, 5.74) is 1.64. The molecule has 134 valence electrons. The molecule has 4 nitrogen and oxygen atoms in total. The molecule has 0 spiro atoms. The fourth-order valence-electron chi connectivity index (χ4n) is 2.39. The monoisotopic (exact) mass is 450 g/mol. The lowest BCUT2D eigenvalue weighted by Gasteiger charge is -2.12. The number of thioether (sulfide) groups is 1. The van der Waals surface area contributed by atoms with Crippen LogP contribution < -0.4 is 4.74 Å². The van der Waals surface area contributed by atoms with Gasteiger partial charge in [0, 0.05) is 11.0 Å². The maximum atomic E-state index is 12.7. The largest absolute Gasteiger partial charge is 0.497 e. The van der Waals surface area contributed by atoms with Gasteiger partial charge >= 0.3 is 0 Å². The van der Waals surface area contributed by atoms with Crippen molar-refractivity contribution in [3.05, 3.63) is 62.4 Å². The van der Waals surface area contributed by atoms with E-state index in [1.54, 1.807) is 18.1 Å². The van der Waals surface area contributed by atoms with Crippen molar-refractivity contribution < 1.29 is 9.53 Å². The number of likely N-dealkylation sites (N-methyl/N-ethyl adjacent to an activating group) is 1. The first-order valence-corrected chi connectivity index (χ1v) is 9.89. The van der Waals surface area contributed by atoms with Gasteiger partial charge in [-0.25, -0.2) is 4.99 Å². The SMILES string of the molecule is CCN1C(=O)/C(=C/c2ccc(OC)cc2)SC1=Nc1ccc(Br)c(Cl)c1. The average Bonchev–Trinajstić information content (AvgIpc) is 2.93. The zero-order valence-corrected chi connectivity index (χ0v) is 17.4. The number of methoxy groups -OCH3 is 1. The van der Waals surface area contributed by atoms with Crippen LogP contribution in [0.15, 0.2) is 56.8 Å². The Kier molecular flexibility index (Phi) is 6.06. The number of carbonyl (C=O) groups is 1. The summed E-state index contributed by atoms with van der Waals surface area (Å²) in [4.78, 5) is 19.6. The topological polar surface area (TPSA) is 41.9 Å². The van der Waals surface area contributed by atoms with Gasteiger partial charge in [-0.3, -0.25) is 9.69 Å². The molecule has 0 atom stereocenters. The van der Waals surface area contributed by atoms with Crippen LogP contribution in [0, 0.1) is 0 Å². The van der Waals surface area contributed by atoms with Gasteiger partial charge in [-0.2, -0.15) is 0 Å². The van der Waals surface area contributed by atoms with E-state index in [0.29, 0.717) is 27.3 Å². The molecule has 3 rings (SSSR count). The summed E-state index contributed by atoms with van der Waals surface area (Å²) in [7, 11) is 1.63. The van der Waals surface area contributed by atoms with Crippen LogP contribution in [0.3, 0.4) is 0 Å². The quantitative estimate of drug-likeness (QED) is 0.557. The first kappa shape index (κ1) is 19.0. The van der Waals surface area contributed by atoms with Gasteiger partial charge in [0.1, 0.15) is 5.75 Å². The van der Waals surface area contributed by atoms with Crippen molar-refractivity contribution in [2.45, 2.75) is 6.92 Å². The summed E-state index contributed by atoms with van der Waals surface area (Å²) in [5.74, 6) is 0.734. The predicted molar refractivity (Wildman–Crippen MR) is 112 cm³/mol. The molecule has 1 fully saturated rings. The fraction of sp³-hybridized carbons (Fsp3) is 0.158. The molecule has 0 aromatic heterocycles. The van der Waals surface area contributed by atoms with E-state index in [4.69, 9.17) is 16.3 Å². The van der Waals surface area contributed by atoms with Crippen molar-refractivity contribution in [1.82, 2.24) is 4.90 Å². The van der Waals surface area contributed by atoms with E-state index >= 15 is 0 Å². The Morgan fingerprint density at radius 2 is 2.00 bits per heavy atom. The molecule has 0 aliphatic carbocycles. The lowest BCUT2D eigenvalue weighted by Crippen LogP contribution is -2.28. The molecule has 0 saturated carbocycles. The van der Waals surface area contributed by atoms with Crippen molar-refractivity contribution in [1.29, 1.82) is 0 Å². The number of benzene rings is 2. The van der Waals surface area contributed by atoms with Gasteiger partial charge in [-0.1, -0.05) is 23.7 Å². The molecule has 0 radical (unpaired) electrons. The van der Waals surface area contributed by atoms with E-state index in [-0.39, 0.29) is 5.91 Å². The highest BCUT2D eigenvalue weighted by Crippen LogP contribution is 2.35. The van der Waals surface area contributed by atoms with E-state index in [1.807, 2.05) is 49.4 Å². The number of aliphatic imine (C=N–C) groups is 1. The van der Waals surface area contributed by atoms with Crippen LogP contribution in [0.4, 0.5) is 5.69 Å². The summed E-state index contributed by atoms with van der Waals surface area (Å²) < 4.78 is 5.97. The number of hydrogen-bond donors (Lipinski definition) is 0. The Morgan fingerprint density at radius 1 is 1.27 bits per heavy atom. The van der Waals surface area contributed by atoms with Crippen LogP contribution >= 0.6 is 39.3 Å². The van der Waals surface area contributed by atoms with Gasteiger partial charge in [0.2, 0.25) is 0 Å². The number of amides is 1. The lowest BCUT2D eigenvalue weighted by atomic mass is 10.2. The van der Waals surface area contributed by atoms with Crippen molar-refractivity contribution >= 4 is 62.1 Å². The van der Waals surface area contributed by atoms with Crippen molar-refractivity contribution in [2.24, 2.45) is 4.99 Å². The summed E-state index contributed by atoms with van der Waals surface area (Å²) in [5, 5.41) is 1.23. The molecule has 1 amide bonds. The van der Waals surface area contributed by atoms with Gasteiger partial charge < -0.3 is 4.74 Å². The van der Waals surface area contributed by atoms with Gasteiger partial charge in [0.25, 0.3) is 5.91 Å². The van der Waals surface area contributed by atoms with Gasteiger partial charge in [0.05, 0.1) is 22.7 Å². The summed E-state index contributed by atoms with van der Waals surface area (Å²) >= 11 is 10.9. The molecule has 26 heavy (non-hydrogen) atoms. The Bertz CT molecular complexity index is 897. The lowest BCUT2D eigenvalue weighted by molar-refractivity contribution is -0.122. The Labute approximate surface area is 170 Å². The molecule has 0 N–H and O–H groups in total. The number of amidine groups is 1. The summed E-state index contributed by atoms with van der Waals surface area (Å²) in [6, 6.07) is 13.0. The van der Waals surface area contributed by atoms with Gasteiger partial charge in [-0.05, 0) is 76.6 Å². The zero-order chi connectivity index (χ0) is 18.7. The molecule has 1 aliphatic heterocycles. The molecule has 2 aromatic rings. The number of nitrogens with zero attached hydrogens (tertiary/aromatic N) is 2. The minimum Gasteiger partial charge on any atom is -0.497 e. The Hall–Kier alpha value is -1.76. The number of carbonyl (C=O) groups excluding carboxylic acids is 1. The van der Waals surface area contributed by atoms with Crippen LogP contribution in [0.1, 0.15) is 12.5 Å². The van der Waals surface area contributed by atoms with E-state index in [2.05, 4.69) is 20.9 Å². The third-order valence-electron chi connectivity index (χ3n) is 3.75. The van der Waals surface area contributed by atoms with Crippen molar-refractivity contribution in [2.75, 3.05) is 13.7 Å². The first-order valence-electron chi connectivity index (χ1n) is 7.91. The maximum Gasteiger partial charge on any atom is 0.266 e. The van der Waals surface area contributed by atoms with Crippen LogP contribution in [-0.4, -0.2) is 29.6 Å². The van der Waals surface area contributed by atoms with Crippen molar-refractivity contribution in [3.63, 3.8) is 0 Å². The Balaban J connectivity index is 1.90. The highest BCUT2D eigenvalue weighted by molar-refractivity contribution is 9.10. The number of halogens is 2. The number of hydrogen-bond acceptors (Lipinski definition) is 4. The normalized spacial score (nSPS) is 17.4. The highest BCUT2D eigenvalue weighted by Gasteiger charge is 2.32. The molecule has 1 saturated heterocycles. The standard InChI is InChI=1S/C19H16BrClN2O2S/c1-3-23-18(24)17(10-12-4-7-14(25-2)8-5-12)26-19(23)22-13-6-9-15(20)16(21)11-13/h4-11H,3H2,1-2H3/b17-10-,22-19?. The first-order chi connectivity index (χ1) is 12.5. The van der Waals surface area contributed by atoms with Crippen LogP contribution in [-0.2, 0) is 4.79 Å². The number of ether oxygens (including phenoxy) is 1. The minimum absolute atomic E-state index is 0.0460. The smallest absolute Gasteiger partial charge is 0.266 e. The maximum absolute atomic E-state index is 12.7. The second kappa shape index (κ2) is 8.29. The molecule has 1 aliphatic rings. The Morgan fingerprint density at radius 3 is 2.62 bits per heavy atom. The van der Waals surface area contributed by atoms with Crippen molar-refractivity contribution in [3.8, 4) is 5.75 Å². The highest BCUT2D eigenvalue weighted by atomic mass is 79.9. The second-order valence-electron chi connectivity index (χ2n) is 5.43. The van der Waals surface area contributed by atoms with E-state index < -0.39 is 0 Å². The zero-order valence-electron chi connectivity index (χ0n) is 14.2. The second-order valence-corrected chi connectivity index (χ2v) is 7.70. The molecular weight excluding hydrogens is 436 g/mol. The average molecular weight is 452 g/mol. The molecular formula is C19H16BrClN2O2S. The summed E-state index contributed by atoms with van der Waals surface area (Å²) in [6.07, 6.45) is 1.87. The van der Waals surface area contributed by atoms with Gasteiger partial charge in [-0.15, -0.1) is 0 Å².